The summed E-state index contributed by atoms with van der Waals surface area (Å²) in [7, 11) is 0. The molecule has 10 heteroatoms. The standard InChI is InChI=1S/C18H14ClN5O4/c1-11(25)21-17-8-13(2-7-16(17)19)22-18(26)12-9-20-23(10-12)14-3-5-15(6-4-14)24(27)28/h2-10H,1H3,(H,21,25)(H,22,26). The van der Waals surface area contributed by atoms with Crippen LogP contribution in [0.2, 0.25) is 5.02 Å². The van der Waals surface area contributed by atoms with Gasteiger partial charge in [0.15, 0.2) is 0 Å². The Morgan fingerprint density at radius 1 is 1.14 bits per heavy atom. The second-order valence-corrected chi connectivity index (χ2v) is 6.18. The van der Waals surface area contributed by atoms with Crippen LogP contribution in [-0.2, 0) is 4.79 Å². The Bertz CT molecular complexity index is 1060. The van der Waals surface area contributed by atoms with Crippen LogP contribution in [0.1, 0.15) is 17.3 Å². The number of hydrogen-bond acceptors (Lipinski definition) is 5. The summed E-state index contributed by atoms with van der Waals surface area (Å²) in [6.07, 6.45) is 2.88. The van der Waals surface area contributed by atoms with Gasteiger partial charge in [-0.1, -0.05) is 11.6 Å². The van der Waals surface area contributed by atoms with E-state index in [0.717, 1.165) is 0 Å². The van der Waals surface area contributed by atoms with Gasteiger partial charge in [-0.2, -0.15) is 5.10 Å². The van der Waals surface area contributed by atoms with Gasteiger partial charge in [0.25, 0.3) is 11.6 Å². The van der Waals surface area contributed by atoms with Gasteiger partial charge in [-0.15, -0.1) is 0 Å². The predicted molar refractivity (Wildman–Crippen MR) is 104 cm³/mol. The molecule has 0 aliphatic rings. The van der Waals surface area contributed by atoms with Crippen molar-refractivity contribution in [3.8, 4) is 5.69 Å². The van der Waals surface area contributed by atoms with Crippen LogP contribution < -0.4 is 10.6 Å². The maximum Gasteiger partial charge on any atom is 0.269 e. The minimum Gasteiger partial charge on any atom is -0.325 e. The van der Waals surface area contributed by atoms with Crippen LogP contribution in [-0.4, -0.2) is 26.5 Å². The van der Waals surface area contributed by atoms with Gasteiger partial charge in [0, 0.05) is 30.9 Å². The van der Waals surface area contributed by atoms with Crippen molar-refractivity contribution < 1.29 is 14.5 Å². The van der Waals surface area contributed by atoms with E-state index in [1.54, 1.807) is 18.2 Å². The van der Waals surface area contributed by atoms with Crippen LogP contribution in [0.5, 0.6) is 0 Å². The van der Waals surface area contributed by atoms with Crippen LogP contribution in [0, 0.1) is 10.1 Å². The van der Waals surface area contributed by atoms with Crippen molar-refractivity contribution in [1.29, 1.82) is 0 Å². The van der Waals surface area contributed by atoms with E-state index in [2.05, 4.69) is 15.7 Å². The van der Waals surface area contributed by atoms with Gasteiger partial charge in [-0.05, 0) is 30.3 Å². The van der Waals surface area contributed by atoms with Gasteiger partial charge in [0.1, 0.15) is 0 Å². The van der Waals surface area contributed by atoms with Crippen molar-refractivity contribution in [3.63, 3.8) is 0 Å². The average molecular weight is 400 g/mol. The summed E-state index contributed by atoms with van der Waals surface area (Å²) in [4.78, 5) is 33.9. The second kappa shape index (κ2) is 7.89. The third-order valence-electron chi connectivity index (χ3n) is 3.70. The van der Waals surface area contributed by atoms with E-state index in [0.29, 0.717) is 22.1 Å². The van der Waals surface area contributed by atoms with Crippen molar-refractivity contribution in [1.82, 2.24) is 9.78 Å². The molecule has 3 aromatic rings. The van der Waals surface area contributed by atoms with E-state index >= 15 is 0 Å². The summed E-state index contributed by atoms with van der Waals surface area (Å²) in [5, 5.41) is 20.4. The highest BCUT2D eigenvalue weighted by Crippen LogP contribution is 2.26. The van der Waals surface area contributed by atoms with E-state index < -0.39 is 10.8 Å². The topological polar surface area (TPSA) is 119 Å². The van der Waals surface area contributed by atoms with E-state index in [-0.39, 0.29) is 17.2 Å². The number of rotatable bonds is 5. The maximum atomic E-state index is 12.4. The number of non-ortho nitro benzene ring substituents is 1. The number of nitro groups is 1. The van der Waals surface area contributed by atoms with Crippen LogP contribution in [0.25, 0.3) is 5.69 Å². The molecule has 28 heavy (non-hydrogen) atoms. The molecule has 0 radical (unpaired) electrons. The molecular weight excluding hydrogens is 386 g/mol. The lowest BCUT2D eigenvalue weighted by Gasteiger charge is -2.09. The molecule has 1 aromatic heterocycles. The third kappa shape index (κ3) is 4.33. The van der Waals surface area contributed by atoms with Gasteiger partial charge in [0.05, 0.1) is 33.1 Å². The van der Waals surface area contributed by atoms with Crippen molar-refractivity contribution >= 4 is 40.5 Å². The van der Waals surface area contributed by atoms with E-state index in [1.165, 1.54) is 48.3 Å². The molecule has 0 spiro atoms. The molecule has 2 amide bonds. The lowest BCUT2D eigenvalue weighted by Crippen LogP contribution is -2.12. The maximum absolute atomic E-state index is 12.4. The Morgan fingerprint density at radius 3 is 2.50 bits per heavy atom. The summed E-state index contributed by atoms with van der Waals surface area (Å²) in [5.74, 6) is -0.695. The average Bonchev–Trinajstić information content (AvgIpc) is 3.14. The fraction of sp³-hybridized carbons (Fsp3) is 0.0556. The Morgan fingerprint density at radius 2 is 1.86 bits per heavy atom. The molecule has 2 N–H and O–H groups in total. The monoisotopic (exact) mass is 399 g/mol. The lowest BCUT2D eigenvalue weighted by atomic mass is 10.2. The summed E-state index contributed by atoms with van der Waals surface area (Å²) >= 11 is 6.01. The van der Waals surface area contributed by atoms with Crippen LogP contribution in [0.15, 0.2) is 54.9 Å². The lowest BCUT2D eigenvalue weighted by molar-refractivity contribution is -0.384. The number of carbonyl (C=O) groups is 2. The number of aromatic nitrogens is 2. The number of hydrogen-bond donors (Lipinski definition) is 2. The molecule has 0 bridgehead atoms. The molecule has 0 fully saturated rings. The van der Waals surface area contributed by atoms with E-state index in [9.17, 15) is 19.7 Å². The SMILES string of the molecule is CC(=O)Nc1cc(NC(=O)c2cnn(-c3ccc([N+](=O)[O-])cc3)c2)ccc1Cl. The molecule has 0 saturated carbocycles. The Kier molecular flexibility index (Phi) is 5.37. The van der Waals surface area contributed by atoms with Crippen molar-refractivity contribution in [2.75, 3.05) is 10.6 Å². The first kappa shape index (κ1) is 19.1. The highest BCUT2D eigenvalue weighted by molar-refractivity contribution is 6.33. The second-order valence-electron chi connectivity index (χ2n) is 5.78. The van der Waals surface area contributed by atoms with E-state index in [1.807, 2.05) is 0 Å². The molecule has 0 saturated heterocycles. The van der Waals surface area contributed by atoms with Gasteiger partial charge < -0.3 is 10.6 Å². The van der Waals surface area contributed by atoms with E-state index in [4.69, 9.17) is 11.6 Å². The fourth-order valence-electron chi connectivity index (χ4n) is 2.40. The first-order chi connectivity index (χ1) is 13.3. The summed E-state index contributed by atoms with van der Waals surface area (Å²) in [5.41, 5.74) is 1.65. The number of halogens is 1. The number of anilines is 2. The van der Waals surface area contributed by atoms with Gasteiger partial charge in [0.2, 0.25) is 5.91 Å². The number of nitrogens with zero attached hydrogens (tertiary/aromatic N) is 3. The number of nitro benzene ring substituents is 1. The van der Waals surface area contributed by atoms with Crippen LogP contribution >= 0.6 is 11.6 Å². The predicted octanol–water partition coefficient (Wildman–Crippen LogP) is 3.64. The van der Waals surface area contributed by atoms with Gasteiger partial charge in [-0.3, -0.25) is 19.7 Å². The number of carbonyl (C=O) groups excluding carboxylic acids is 2. The Balaban J connectivity index is 1.75. The number of amides is 2. The van der Waals surface area contributed by atoms with Crippen molar-refractivity contribution in [2.24, 2.45) is 0 Å². The molecule has 0 aliphatic heterocycles. The molecule has 0 unspecified atom stereocenters. The molecule has 0 atom stereocenters. The molecule has 3 rings (SSSR count). The zero-order chi connectivity index (χ0) is 20.3. The largest absolute Gasteiger partial charge is 0.325 e. The highest BCUT2D eigenvalue weighted by atomic mass is 35.5. The van der Waals surface area contributed by atoms with Crippen molar-refractivity contribution in [3.05, 3.63) is 75.6 Å². The fourth-order valence-corrected chi connectivity index (χ4v) is 2.56. The van der Waals surface area contributed by atoms with Crippen molar-refractivity contribution in [2.45, 2.75) is 6.92 Å². The smallest absolute Gasteiger partial charge is 0.269 e. The number of benzene rings is 2. The van der Waals surface area contributed by atoms with Gasteiger partial charge >= 0.3 is 0 Å². The summed E-state index contributed by atoms with van der Waals surface area (Å²) in [6, 6.07) is 10.5. The Labute approximate surface area is 164 Å². The molecule has 9 nitrogen and oxygen atoms in total. The summed E-state index contributed by atoms with van der Waals surface area (Å²) in [6.45, 7) is 1.36. The minimum atomic E-state index is -0.493. The first-order valence-corrected chi connectivity index (χ1v) is 8.39. The number of nitrogens with one attached hydrogen (secondary N) is 2. The van der Waals surface area contributed by atoms with Crippen LogP contribution in [0.4, 0.5) is 17.1 Å². The normalized spacial score (nSPS) is 10.4. The molecule has 0 aliphatic carbocycles. The zero-order valence-corrected chi connectivity index (χ0v) is 15.3. The van der Waals surface area contributed by atoms with Crippen LogP contribution in [0.3, 0.4) is 0 Å². The quantitative estimate of drug-likeness (QED) is 0.501. The summed E-state index contributed by atoms with van der Waals surface area (Å²) < 4.78 is 1.43. The first-order valence-electron chi connectivity index (χ1n) is 8.01. The molecule has 2 aromatic carbocycles. The molecule has 1 heterocycles. The zero-order valence-electron chi connectivity index (χ0n) is 14.5. The third-order valence-corrected chi connectivity index (χ3v) is 4.03. The molecular formula is C18H14ClN5O4. The molecule has 142 valence electrons. The minimum absolute atomic E-state index is 0.0356. The van der Waals surface area contributed by atoms with Gasteiger partial charge in [-0.25, -0.2) is 4.68 Å². The highest BCUT2D eigenvalue weighted by Gasteiger charge is 2.12. The Hall–Kier alpha value is -3.72.